The van der Waals surface area contributed by atoms with Gasteiger partial charge < -0.3 is 15.2 Å². The van der Waals surface area contributed by atoms with Gasteiger partial charge in [-0.2, -0.15) is 0 Å². The zero-order chi connectivity index (χ0) is 21.3. The number of nitrogens with one attached hydrogen (secondary N) is 1. The summed E-state index contributed by atoms with van der Waals surface area (Å²) in [7, 11) is 0. The molecule has 1 aliphatic rings. The van der Waals surface area contributed by atoms with Crippen molar-refractivity contribution in [3.8, 4) is 5.75 Å². The fourth-order valence-corrected chi connectivity index (χ4v) is 4.00. The maximum Gasteiger partial charge on any atom is 0.224 e. The Balaban J connectivity index is 1.46. The highest BCUT2D eigenvalue weighted by molar-refractivity contribution is 5.91. The van der Waals surface area contributed by atoms with E-state index in [2.05, 4.69) is 16.3 Å². The van der Waals surface area contributed by atoms with Crippen molar-refractivity contribution in [2.75, 3.05) is 31.6 Å². The SMILES string of the molecule is Cc1cc(F)ccc1NC(=O)CCC1CCCN(Cc2cccc(OCCO)c2)C1. The third-order valence-electron chi connectivity index (χ3n) is 5.51. The molecule has 0 bridgehead atoms. The molecule has 1 unspecified atom stereocenters. The minimum Gasteiger partial charge on any atom is -0.491 e. The van der Waals surface area contributed by atoms with Crippen molar-refractivity contribution in [2.24, 2.45) is 5.92 Å². The van der Waals surface area contributed by atoms with Crippen LogP contribution < -0.4 is 10.1 Å². The number of aliphatic hydroxyl groups is 1. The monoisotopic (exact) mass is 414 g/mol. The van der Waals surface area contributed by atoms with Crippen molar-refractivity contribution in [2.45, 2.75) is 39.2 Å². The molecule has 0 radical (unpaired) electrons. The number of ether oxygens (including phenoxy) is 1. The minimum absolute atomic E-state index is 0.00629. The summed E-state index contributed by atoms with van der Waals surface area (Å²) < 4.78 is 18.7. The second-order valence-electron chi connectivity index (χ2n) is 8.01. The summed E-state index contributed by atoms with van der Waals surface area (Å²) >= 11 is 0. The number of hydrogen-bond acceptors (Lipinski definition) is 4. The Morgan fingerprint density at radius 1 is 1.30 bits per heavy atom. The van der Waals surface area contributed by atoms with Gasteiger partial charge in [0.05, 0.1) is 6.61 Å². The standard InChI is InChI=1S/C24H31FN2O3/c1-18-14-21(25)8-9-23(18)26-24(29)10-7-19-5-3-11-27(16-19)17-20-4-2-6-22(15-20)30-13-12-28/h2,4,6,8-9,14-15,19,28H,3,5,7,10-13,16-17H2,1H3,(H,26,29). The molecule has 0 spiro atoms. The summed E-state index contributed by atoms with van der Waals surface area (Å²) in [4.78, 5) is 14.8. The Bertz CT molecular complexity index is 843. The lowest BCUT2D eigenvalue weighted by Crippen LogP contribution is -2.35. The van der Waals surface area contributed by atoms with Crippen LogP contribution in [0.1, 0.15) is 36.8 Å². The van der Waals surface area contributed by atoms with Crippen LogP contribution in [0.2, 0.25) is 0 Å². The van der Waals surface area contributed by atoms with Gasteiger partial charge >= 0.3 is 0 Å². The summed E-state index contributed by atoms with van der Waals surface area (Å²) in [6.45, 7) is 4.99. The second-order valence-corrected chi connectivity index (χ2v) is 8.01. The quantitative estimate of drug-likeness (QED) is 0.648. The third kappa shape index (κ3) is 6.82. The van der Waals surface area contributed by atoms with Gasteiger partial charge in [-0.3, -0.25) is 9.69 Å². The van der Waals surface area contributed by atoms with Crippen molar-refractivity contribution in [1.82, 2.24) is 4.90 Å². The molecule has 30 heavy (non-hydrogen) atoms. The molecule has 2 aromatic rings. The number of aryl methyl sites for hydroxylation is 1. The van der Waals surface area contributed by atoms with Crippen LogP contribution in [0.25, 0.3) is 0 Å². The summed E-state index contributed by atoms with van der Waals surface area (Å²) in [6, 6.07) is 12.4. The van der Waals surface area contributed by atoms with Gasteiger partial charge in [0.1, 0.15) is 18.2 Å². The number of rotatable bonds is 9. The highest BCUT2D eigenvalue weighted by atomic mass is 19.1. The number of likely N-dealkylation sites (tertiary alicyclic amines) is 1. The summed E-state index contributed by atoms with van der Waals surface area (Å²) in [5, 5.41) is 11.8. The number of benzene rings is 2. The van der Waals surface area contributed by atoms with Crippen LogP contribution in [0.5, 0.6) is 5.75 Å². The number of amides is 1. The molecule has 1 fully saturated rings. The van der Waals surface area contributed by atoms with Crippen LogP contribution >= 0.6 is 0 Å². The highest BCUT2D eigenvalue weighted by Gasteiger charge is 2.21. The van der Waals surface area contributed by atoms with Gasteiger partial charge in [0, 0.05) is 25.2 Å². The molecule has 1 heterocycles. The van der Waals surface area contributed by atoms with E-state index in [9.17, 15) is 9.18 Å². The van der Waals surface area contributed by atoms with Gasteiger partial charge in [-0.15, -0.1) is 0 Å². The van der Waals surface area contributed by atoms with Gasteiger partial charge in [0.15, 0.2) is 0 Å². The Morgan fingerprint density at radius 2 is 2.17 bits per heavy atom. The maximum atomic E-state index is 13.2. The van der Waals surface area contributed by atoms with Gasteiger partial charge in [-0.25, -0.2) is 4.39 Å². The van der Waals surface area contributed by atoms with E-state index in [4.69, 9.17) is 9.84 Å². The average molecular weight is 415 g/mol. The first kappa shape index (κ1) is 22.2. The van der Waals surface area contributed by atoms with Crippen LogP contribution in [0.15, 0.2) is 42.5 Å². The number of anilines is 1. The minimum atomic E-state index is -0.293. The van der Waals surface area contributed by atoms with E-state index in [1.54, 1.807) is 13.0 Å². The van der Waals surface area contributed by atoms with Crippen LogP contribution in [0.4, 0.5) is 10.1 Å². The van der Waals surface area contributed by atoms with E-state index in [0.29, 0.717) is 24.6 Å². The molecule has 0 aliphatic carbocycles. The molecule has 1 aliphatic heterocycles. The number of nitrogens with zero attached hydrogens (tertiary/aromatic N) is 1. The van der Waals surface area contributed by atoms with Crippen LogP contribution in [-0.2, 0) is 11.3 Å². The van der Waals surface area contributed by atoms with E-state index in [1.165, 1.54) is 17.7 Å². The summed E-state index contributed by atoms with van der Waals surface area (Å²) in [6.07, 6.45) is 3.59. The number of hydrogen-bond donors (Lipinski definition) is 2. The zero-order valence-electron chi connectivity index (χ0n) is 17.6. The second kappa shape index (κ2) is 11.1. The van der Waals surface area contributed by atoms with Crippen LogP contribution in [-0.4, -0.2) is 42.2 Å². The molecule has 1 saturated heterocycles. The lowest BCUT2D eigenvalue weighted by molar-refractivity contribution is -0.116. The molecule has 6 heteroatoms. The first-order valence-corrected chi connectivity index (χ1v) is 10.6. The molecule has 2 aromatic carbocycles. The number of carbonyl (C=O) groups is 1. The van der Waals surface area contributed by atoms with E-state index in [0.717, 1.165) is 50.2 Å². The first-order valence-electron chi connectivity index (χ1n) is 10.6. The Kier molecular flexibility index (Phi) is 8.22. The largest absolute Gasteiger partial charge is 0.491 e. The smallest absolute Gasteiger partial charge is 0.224 e. The number of carbonyl (C=O) groups excluding carboxylic acids is 1. The average Bonchev–Trinajstić information content (AvgIpc) is 2.73. The molecule has 0 aromatic heterocycles. The van der Waals surface area contributed by atoms with Crippen molar-refractivity contribution in [3.05, 3.63) is 59.4 Å². The number of aliphatic hydroxyl groups excluding tert-OH is 1. The molecule has 0 saturated carbocycles. The van der Waals surface area contributed by atoms with E-state index >= 15 is 0 Å². The molecule has 1 amide bonds. The zero-order valence-corrected chi connectivity index (χ0v) is 17.6. The molecule has 5 nitrogen and oxygen atoms in total. The third-order valence-corrected chi connectivity index (χ3v) is 5.51. The van der Waals surface area contributed by atoms with E-state index in [-0.39, 0.29) is 18.3 Å². The lowest BCUT2D eigenvalue weighted by Gasteiger charge is -2.32. The Morgan fingerprint density at radius 3 is 2.97 bits per heavy atom. The fourth-order valence-electron chi connectivity index (χ4n) is 4.00. The molecular weight excluding hydrogens is 383 g/mol. The lowest BCUT2D eigenvalue weighted by atomic mass is 9.93. The molecule has 162 valence electrons. The fraction of sp³-hybridized carbons (Fsp3) is 0.458. The van der Waals surface area contributed by atoms with Gasteiger partial charge in [0.2, 0.25) is 5.91 Å². The van der Waals surface area contributed by atoms with Crippen LogP contribution in [0.3, 0.4) is 0 Å². The summed E-state index contributed by atoms with van der Waals surface area (Å²) in [5.74, 6) is 0.962. The van der Waals surface area contributed by atoms with Crippen LogP contribution in [0, 0.1) is 18.7 Å². The van der Waals surface area contributed by atoms with Crippen molar-refractivity contribution in [3.63, 3.8) is 0 Å². The number of piperidine rings is 1. The van der Waals surface area contributed by atoms with Crippen molar-refractivity contribution >= 4 is 11.6 Å². The Hall–Kier alpha value is -2.44. The number of halogens is 1. The topological polar surface area (TPSA) is 61.8 Å². The van der Waals surface area contributed by atoms with Crippen molar-refractivity contribution in [1.29, 1.82) is 0 Å². The molecule has 1 atom stereocenters. The first-order chi connectivity index (χ1) is 14.5. The predicted octanol–water partition coefficient (Wildman–Crippen LogP) is 4.14. The highest BCUT2D eigenvalue weighted by Crippen LogP contribution is 2.24. The molecule has 3 rings (SSSR count). The van der Waals surface area contributed by atoms with Gasteiger partial charge in [-0.05, 0) is 80.1 Å². The van der Waals surface area contributed by atoms with E-state index in [1.807, 2.05) is 18.2 Å². The van der Waals surface area contributed by atoms with Gasteiger partial charge in [-0.1, -0.05) is 12.1 Å². The van der Waals surface area contributed by atoms with Crippen molar-refractivity contribution < 1.29 is 19.0 Å². The molecular formula is C24H31FN2O3. The predicted molar refractivity (Wildman–Crippen MR) is 116 cm³/mol. The molecule has 2 N–H and O–H groups in total. The normalized spacial score (nSPS) is 17.0. The summed E-state index contributed by atoms with van der Waals surface area (Å²) in [5.41, 5.74) is 2.60. The van der Waals surface area contributed by atoms with E-state index < -0.39 is 0 Å². The maximum absolute atomic E-state index is 13.2. The van der Waals surface area contributed by atoms with Gasteiger partial charge in [0.25, 0.3) is 0 Å². The Labute approximate surface area is 177 Å².